The van der Waals surface area contributed by atoms with Crippen LogP contribution in [0.3, 0.4) is 0 Å². The van der Waals surface area contributed by atoms with Gasteiger partial charge in [-0.3, -0.25) is 9.69 Å². The molecule has 1 saturated heterocycles. The van der Waals surface area contributed by atoms with Gasteiger partial charge in [0.2, 0.25) is 0 Å². The maximum Gasteiger partial charge on any atom is 0.410 e. The SMILES string of the molecule is CO[C@H]([C@@H](C)C(=O)O)[C@@H]1C[C@@H]2CC2N1C(=O)OC(C)(C)C. The molecule has 1 amide bonds. The molecular formula is C15H25NO5. The summed E-state index contributed by atoms with van der Waals surface area (Å²) in [5.74, 6) is -1.12. The zero-order valence-corrected chi connectivity index (χ0v) is 13.3. The number of methoxy groups -OCH3 is 1. The third-order valence-electron chi connectivity index (χ3n) is 4.28. The molecule has 6 heteroatoms. The summed E-state index contributed by atoms with van der Waals surface area (Å²) in [6, 6.07) is -0.0387. The Morgan fingerprint density at radius 1 is 1.29 bits per heavy atom. The topological polar surface area (TPSA) is 76.1 Å². The first-order chi connectivity index (χ1) is 9.65. The van der Waals surface area contributed by atoms with Gasteiger partial charge in [-0.1, -0.05) is 0 Å². The maximum atomic E-state index is 12.4. The number of carbonyl (C=O) groups is 2. The van der Waals surface area contributed by atoms with E-state index in [-0.39, 0.29) is 18.2 Å². The molecule has 0 bridgehead atoms. The lowest BCUT2D eigenvalue weighted by Gasteiger charge is -2.35. The summed E-state index contributed by atoms with van der Waals surface area (Å²) in [4.78, 5) is 25.4. The molecule has 1 N–H and O–H groups in total. The molecule has 6 nitrogen and oxygen atoms in total. The van der Waals surface area contributed by atoms with Crippen molar-refractivity contribution in [2.24, 2.45) is 11.8 Å². The van der Waals surface area contributed by atoms with Crippen LogP contribution in [0.4, 0.5) is 4.79 Å². The largest absolute Gasteiger partial charge is 0.481 e. The summed E-state index contributed by atoms with van der Waals surface area (Å²) in [6.07, 6.45) is 0.896. The molecule has 1 aliphatic carbocycles. The average molecular weight is 299 g/mol. The minimum atomic E-state index is -0.911. The molecule has 120 valence electrons. The van der Waals surface area contributed by atoms with Crippen molar-refractivity contribution in [1.82, 2.24) is 4.90 Å². The minimum absolute atomic E-state index is 0.184. The minimum Gasteiger partial charge on any atom is -0.481 e. The second-order valence-corrected chi connectivity index (χ2v) is 7.08. The number of amides is 1. The van der Waals surface area contributed by atoms with E-state index in [9.17, 15) is 14.7 Å². The van der Waals surface area contributed by atoms with Gasteiger partial charge in [-0.25, -0.2) is 4.79 Å². The predicted octanol–water partition coefficient (Wildman–Crippen LogP) is 2.12. The fourth-order valence-electron chi connectivity index (χ4n) is 3.21. The number of aliphatic carboxylic acids is 1. The highest BCUT2D eigenvalue weighted by Crippen LogP contribution is 2.50. The molecule has 1 heterocycles. The summed E-state index contributed by atoms with van der Waals surface area (Å²) < 4.78 is 10.9. The lowest BCUT2D eigenvalue weighted by atomic mass is 9.94. The van der Waals surface area contributed by atoms with Crippen LogP contribution in [-0.2, 0) is 14.3 Å². The Morgan fingerprint density at radius 2 is 1.90 bits per heavy atom. The summed E-state index contributed by atoms with van der Waals surface area (Å²) >= 11 is 0. The van der Waals surface area contributed by atoms with Crippen LogP contribution >= 0.6 is 0 Å². The first kappa shape index (κ1) is 16.1. The number of ether oxygens (including phenoxy) is 2. The Kier molecular flexibility index (Phi) is 4.19. The van der Waals surface area contributed by atoms with Crippen molar-refractivity contribution in [1.29, 1.82) is 0 Å². The smallest absolute Gasteiger partial charge is 0.410 e. The van der Waals surface area contributed by atoms with Crippen molar-refractivity contribution in [2.75, 3.05) is 7.11 Å². The Morgan fingerprint density at radius 3 is 2.38 bits per heavy atom. The normalized spacial score (nSPS) is 30.5. The molecule has 2 fully saturated rings. The number of fused-ring (bicyclic) bond motifs is 1. The van der Waals surface area contributed by atoms with Gasteiger partial charge >= 0.3 is 12.1 Å². The highest BCUT2D eigenvalue weighted by atomic mass is 16.6. The van der Waals surface area contributed by atoms with Gasteiger partial charge in [-0.2, -0.15) is 0 Å². The van der Waals surface area contributed by atoms with Crippen molar-refractivity contribution < 1.29 is 24.2 Å². The zero-order chi connectivity index (χ0) is 15.9. The van der Waals surface area contributed by atoms with Gasteiger partial charge < -0.3 is 14.6 Å². The van der Waals surface area contributed by atoms with Crippen molar-refractivity contribution in [3.63, 3.8) is 0 Å². The van der Waals surface area contributed by atoms with E-state index in [1.165, 1.54) is 7.11 Å². The van der Waals surface area contributed by atoms with E-state index in [0.29, 0.717) is 5.92 Å². The number of rotatable bonds is 4. The molecule has 2 rings (SSSR count). The molecular weight excluding hydrogens is 274 g/mol. The van der Waals surface area contributed by atoms with E-state index in [1.54, 1.807) is 11.8 Å². The van der Waals surface area contributed by atoms with Crippen LogP contribution in [0.1, 0.15) is 40.5 Å². The Labute approximate surface area is 125 Å². The molecule has 1 unspecified atom stereocenters. The fraction of sp³-hybridized carbons (Fsp3) is 0.867. The van der Waals surface area contributed by atoms with Gasteiger partial charge in [0.15, 0.2) is 0 Å². The van der Waals surface area contributed by atoms with Gasteiger partial charge in [0.25, 0.3) is 0 Å². The molecule has 1 saturated carbocycles. The van der Waals surface area contributed by atoms with Gasteiger partial charge in [-0.15, -0.1) is 0 Å². The summed E-state index contributed by atoms with van der Waals surface area (Å²) in [5.41, 5.74) is -0.560. The van der Waals surface area contributed by atoms with E-state index in [2.05, 4.69) is 0 Å². The van der Waals surface area contributed by atoms with Gasteiger partial charge in [0.1, 0.15) is 5.60 Å². The first-order valence-corrected chi connectivity index (χ1v) is 7.42. The number of nitrogens with zero attached hydrogens (tertiary/aromatic N) is 1. The number of hydrogen-bond donors (Lipinski definition) is 1. The number of carboxylic acid groups (broad SMARTS) is 1. The highest BCUT2D eigenvalue weighted by molar-refractivity contribution is 5.72. The second kappa shape index (κ2) is 5.48. The fourth-order valence-corrected chi connectivity index (χ4v) is 3.21. The summed E-state index contributed by atoms with van der Waals surface area (Å²) in [5, 5.41) is 9.22. The Bertz CT molecular complexity index is 430. The monoisotopic (exact) mass is 299 g/mol. The lowest BCUT2D eigenvalue weighted by molar-refractivity contribution is -0.148. The van der Waals surface area contributed by atoms with Crippen molar-refractivity contribution in [3.05, 3.63) is 0 Å². The van der Waals surface area contributed by atoms with Crippen LogP contribution in [0, 0.1) is 11.8 Å². The quantitative estimate of drug-likeness (QED) is 0.860. The van der Waals surface area contributed by atoms with Crippen molar-refractivity contribution in [2.45, 2.75) is 64.3 Å². The number of carboxylic acids is 1. The van der Waals surface area contributed by atoms with Crippen LogP contribution in [0.5, 0.6) is 0 Å². The maximum absolute atomic E-state index is 12.4. The zero-order valence-electron chi connectivity index (χ0n) is 13.3. The summed E-state index contributed by atoms with van der Waals surface area (Å²) in [6.45, 7) is 7.10. The molecule has 0 aromatic rings. The van der Waals surface area contributed by atoms with Crippen LogP contribution in [-0.4, -0.2) is 53.0 Å². The Hall–Kier alpha value is -1.30. The predicted molar refractivity (Wildman–Crippen MR) is 76.0 cm³/mol. The molecule has 5 atom stereocenters. The number of hydrogen-bond acceptors (Lipinski definition) is 4. The highest BCUT2D eigenvalue weighted by Gasteiger charge is 2.58. The van der Waals surface area contributed by atoms with Crippen LogP contribution in [0.15, 0.2) is 0 Å². The number of piperidine rings is 1. The Balaban J connectivity index is 2.14. The third-order valence-corrected chi connectivity index (χ3v) is 4.28. The molecule has 2 aliphatic rings. The standard InChI is InChI=1S/C15H25NO5/c1-8(13(17)18)12(20-5)11-7-9-6-10(9)16(11)14(19)21-15(2,3)4/h8-12H,6-7H2,1-5H3,(H,17,18)/t8-,9+,10?,11+,12-/m1/s1. The summed E-state index contributed by atoms with van der Waals surface area (Å²) in [7, 11) is 1.50. The molecule has 0 spiro atoms. The van der Waals surface area contributed by atoms with Gasteiger partial charge in [-0.05, 0) is 46.5 Å². The van der Waals surface area contributed by atoms with E-state index in [0.717, 1.165) is 12.8 Å². The van der Waals surface area contributed by atoms with E-state index < -0.39 is 23.6 Å². The molecule has 0 aromatic heterocycles. The second-order valence-electron chi connectivity index (χ2n) is 7.08. The van der Waals surface area contributed by atoms with Gasteiger partial charge in [0, 0.05) is 13.2 Å². The van der Waals surface area contributed by atoms with Gasteiger partial charge in [0.05, 0.1) is 18.1 Å². The van der Waals surface area contributed by atoms with E-state index in [1.807, 2.05) is 20.8 Å². The molecule has 1 aliphatic heterocycles. The van der Waals surface area contributed by atoms with Crippen LogP contribution < -0.4 is 0 Å². The molecule has 21 heavy (non-hydrogen) atoms. The van der Waals surface area contributed by atoms with E-state index in [4.69, 9.17) is 9.47 Å². The molecule has 0 aromatic carbocycles. The average Bonchev–Trinajstić information content (AvgIpc) is 2.98. The number of carbonyl (C=O) groups excluding carboxylic acids is 1. The van der Waals surface area contributed by atoms with Crippen LogP contribution in [0.2, 0.25) is 0 Å². The van der Waals surface area contributed by atoms with Crippen LogP contribution in [0.25, 0.3) is 0 Å². The van der Waals surface area contributed by atoms with Crippen molar-refractivity contribution in [3.8, 4) is 0 Å². The first-order valence-electron chi connectivity index (χ1n) is 7.42. The molecule has 0 radical (unpaired) electrons. The third kappa shape index (κ3) is 3.31. The lowest BCUT2D eigenvalue weighted by Crippen LogP contribution is -2.50. The van der Waals surface area contributed by atoms with E-state index >= 15 is 0 Å². The van der Waals surface area contributed by atoms with Crippen molar-refractivity contribution >= 4 is 12.1 Å². The number of likely N-dealkylation sites (tertiary alicyclic amines) is 1.